The quantitative estimate of drug-likeness (QED) is 0.438. The van der Waals surface area contributed by atoms with E-state index in [-0.39, 0.29) is 18.2 Å². The van der Waals surface area contributed by atoms with Crippen molar-refractivity contribution < 1.29 is 40.6 Å². The molecular formula is C26H28F6N2O3. The Labute approximate surface area is 210 Å². The van der Waals surface area contributed by atoms with Gasteiger partial charge in [-0.1, -0.05) is 30.3 Å². The minimum Gasteiger partial charge on any atom is -0.442 e. The van der Waals surface area contributed by atoms with E-state index in [9.17, 15) is 31.1 Å². The van der Waals surface area contributed by atoms with E-state index in [1.807, 2.05) is 30.3 Å². The molecule has 2 saturated heterocycles. The van der Waals surface area contributed by atoms with Gasteiger partial charge < -0.3 is 15.2 Å². The van der Waals surface area contributed by atoms with Crippen LogP contribution >= 0.6 is 0 Å². The van der Waals surface area contributed by atoms with Crippen LogP contribution in [-0.2, 0) is 27.4 Å². The average molecular weight is 531 g/mol. The van der Waals surface area contributed by atoms with Crippen molar-refractivity contribution in [1.82, 2.24) is 4.90 Å². The molecule has 2 aliphatic rings. The summed E-state index contributed by atoms with van der Waals surface area (Å²) in [5, 5.41) is 0. The second-order valence-corrected chi connectivity index (χ2v) is 9.82. The van der Waals surface area contributed by atoms with Gasteiger partial charge in [0.05, 0.1) is 29.4 Å². The first-order valence-electron chi connectivity index (χ1n) is 11.9. The van der Waals surface area contributed by atoms with E-state index in [1.54, 1.807) is 0 Å². The maximum absolute atomic E-state index is 13.4. The molecule has 0 spiro atoms. The largest absolute Gasteiger partial charge is 0.442 e. The summed E-state index contributed by atoms with van der Waals surface area (Å²) in [6.07, 6.45) is -9.44. The van der Waals surface area contributed by atoms with Crippen LogP contribution in [0.25, 0.3) is 0 Å². The molecule has 0 aliphatic carbocycles. The lowest BCUT2D eigenvalue weighted by Gasteiger charge is -2.56. The lowest BCUT2D eigenvalue weighted by atomic mass is 9.72. The van der Waals surface area contributed by atoms with E-state index in [2.05, 4.69) is 4.90 Å². The van der Waals surface area contributed by atoms with Gasteiger partial charge in [0.1, 0.15) is 5.60 Å². The predicted octanol–water partition coefficient (Wildman–Crippen LogP) is 6.42. The Morgan fingerprint density at radius 3 is 2.19 bits per heavy atom. The predicted molar refractivity (Wildman–Crippen MR) is 122 cm³/mol. The van der Waals surface area contributed by atoms with E-state index >= 15 is 0 Å². The standard InChI is InChI=1S/C26H28F6N2O3/c1-17(18-12-20(25(27,28)29)14-21(13-18)26(30,31)32)36-16-24(19-6-3-2-4-7-19)10-9-23(37-22(33)35)8-5-11-34(24)15-23/h2-4,6-7,12-14,17H,5,8-11,15-16H2,1H3,(H2,33,35)/t17-,23+,24-/m1/s1. The molecule has 11 heteroatoms. The van der Waals surface area contributed by atoms with Gasteiger partial charge in [0, 0.05) is 6.54 Å². The van der Waals surface area contributed by atoms with Crippen LogP contribution < -0.4 is 5.73 Å². The zero-order valence-corrected chi connectivity index (χ0v) is 20.2. The number of ether oxygens (including phenoxy) is 2. The topological polar surface area (TPSA) is 64.8 Å². The van der Waals surface area contributed by atoms with Crippen molar-refractivity contribution in [3.05, 3.63) is 70.8 Å². The molecule has 2 aromatic carbocycles. The summed E-state index contributed by atoms with van der Waals surface area (Å²) in [6, 6.07) is 10.9. The Hall–Kier alpha value is -2.79. The Morgan fingerprint density at radius 1 is 1.00 bits per heavy atom. The number of rotatable bonds is 6. The number of hydrogen-bond donors (Lipinski definition) is 1. The molecule has 2 bridgehead atoms. The van der Waals surface area contributed by atoms with Crippen LogP contribution in [0.1, 0.15) is 61.0 Å². The van der Waals surface area contributed by atoms with Crippen LogP contribution in [0.4, 0.5) is 31.1 Å². The van der Waals surface area contributed by atoms with Gasteiger partial charge in [-0.05, 0) is 68.5 Å². The molecule has 2 fully saturated rings. The highest BCUT2D eigenvalue weighted by Crippen LogP contribution is 2.47. The zero-order chi connectivity index (χ0) is 27.1. The smallest absolute Gasteiger partial charge is 0.416 e. The third-order valence-electron chi connectivity index (χ3n) is 7.42. The number of fused-ring (bicyclic) bond motifs is 2. The van der Waals surface area contributed by atoms with Crippen LogP contribution in [0.3, 0.4) is 0 Å². The molecular weight excluding hydrogens is 502 g/mol. The van der Waals surface area contributed by atoms with Crippen molar-refractivity contribution >= 4 is 6.09 Å². The first kappa shape index (κ1) is 27.3. The van der Waals surface area contributed by atoms with Crippen molar-refractivity contribution in [3.63, 3.8) is 0 Å². The number of carbonyl (C=O) groups excluding carboxylic acids is 1. The SMILES string of the molecule is C[C@@H](OC[C@@]1(c2ccccc2)CC[C@@]2(OC(N)=O)CCCN1C2)c1cc(C(F)(F)F)cc(C(F)(F)F)c1. The molecule has 37 heavy (non-hydrogen) atoms. The summed E-state index contributed by atoms with van der Waals surface area (Å²) in [5.41, 5.74) is 1.78. The van der Waals surface area contributed by atoms with Gasteiger partial charge in [0.25, 0.3) is 0 Å². The molecule has 1 amide bonds. The summed E-state index contributed by atoms with van der Waals surface area (Å²) < 4.78 is 91.8. The fourth-order valence-corrected chi connectivity index (χ4v) is 5.50. The number of hydrogen-bond acceptors (Lipinski definition) is 4. The number of halogens is 6. The molecule has 2 aromatic rings. The number of piperidine rings is 2. The third-order valence-corrected chi connectivity index (χ3v) is 7.42. The van der Waals surface area contributed by atoms with Crippen LogP contribution in [0.5, 0.6) is 0 Å². The molecule has 202 valence electrons. The highest BCUT2D eigenvalue weighted by Gasteiger charge is 2.52. The third kappa shape index (κ3) is 5.72. The Bertz CT molecular complexity index is 1090. The molecule has 0 radical (unpaired) electrons. The Balaban J connectivity index is 1.64. The van der Waals surface area contributed by atoms with Gasteiger partial charge in [-0.2, -0.15) is 26.3 Å². The monoisotopic (exact) mass is 530 g/mol. The van der Waals surface area contributed by atoms with Gasteiger partial charge in [0.2, 0.25) is 0 Å². The van der Waals surface area contributed by atoms with E-state index < -0.39 is 46.8 Å². The molecule has 4 rings (SSSR count). The maximum Gasteiger partial charge on any atom is 0.416 e. The van der Waals surface area contributed by atoms with Crippen LogP contribution in [-0.4, -0.2) is 36.3 Å². The van der Waals surface area contributed by atoms with Gasteiger partial charge in [0.15, 0.2) is 0 Å². The van der Waals surface area contributed by atoms with Crippen LogP contribution in [0.15, 0.2) is 48.5 Å². The normalized spacial score (nSPS) is 26.9. The van der Waals surface area contributed by atoms with E-state index in [1.165, 1.54) is 6.92 Å². The summed E-state index contributed by atoms with van der Waals surface area (Å²) in [4.78, 5) is 13.7. The van der Waals surface area contributed by atoms with E-state index in [4.69, 9.17) is 15.2 Å². The second kappa shape index (κ2) is 9.83. The lowest BCUT2D eigenvalue weighted by Crippen LogP contribution is -2.64. The molecule has 2 heterocycles. The van der Waals surface area contributed by atoms with Crippen molar-refractivity contribution in [3.8, 4) is 0 Å². The number of primary amides is 1. The van der Waals surface area contributed by atoms with Crippen molar-refractivity contribution in [2.24, 2.45) is 5.73 Å². The average Bonchev–Trinajstić information content (AvgIpc) is 2.82. The van der Waals surface area contributed by atoms with Crippen molar-refractivity contribution in [2.45, 2.75) is 62.2 Å². The van der Waals surface area contributed by atoms with Crippen LogP contribution in [0, 0.1) is 0 Å². The second-order valence-electron chi connectivity index (χ2n) is 9.82. The fourth-order valence-electron chi connectivity index (χ4n) is 5.50. The molecule has 2 N–H and O–H groups in total. The molecule has 5 nitrogen and oxygen atoms in total. The molecule has 1 unspecified atom stereocenters. The van der Waals surface area contributed by atoms with Gasteiger partial charge in [-0.15, -0.1) is 0 Å². The maximum atomic E-state index is 13.4. The number of nitrogens with two attached hydrogens (primary N) is 1. The van der Waals surface area contributed by atoms with E-state index in [0.717, 1.165) is 12.0 Å². The first-order valence-corrected chi connectivity index (χ1v) is 11.9. The molecule has 0 aromatic heterocycles. The minimum atomic E-state index is -4.94. The minimum absolute atomic E-state index is 0.0163. The lowest BCUT2D eigenvalue weighted by molar-refractivity contribution is -0.147. The van der Waals surface area contributed by atoms with Crippen molar-refractivity contribution in [1.29, 1.82) is 0 Å². The fraction of sp³-hybridized carbons (Fsp3) is 0.500. The first-order chi connectivity index (χ1) is 17.2. The molecule has 2 aliphatic heterocycles. The highest BCUT2D eigenvalue weighted by molar-refractivity contribution is 5.65. The van der Waals surface area contributed by atoms with Crippen molar-refractivity contribution in [2.75, 3.05) is 19.7 Å². The summed E-state index contributed by atoms with van der Waals surface area (Å²) in [7, 11) is 0. The number of benzene rings is 2. The molecule has 4 atom stereocenters. The van der Waals surface area contributed by atoms with Crippen LogP contribution in [0.2, 0.25) is 0 Å². The summed E-state index contributed by atoms with van der Waals surface area (Å²) in [5.74, 6) is 0. The Kier molecular flexibility index (Phi) is 7.24. The number of nitrogens with zero attached hydrogens (tertiary/aromatic N) is 1. The highest BCUT2D eigenvalue weighted by atomic mass is 19.4. The van der Waals surface area contributed by atoms with E-state index in [0.29, 0.717) is 44.5 Å². The van der Waals surface area contributed by atoms with Gasteiger partial charge in [-0.3, -0.25) is 4.90 Å². The van der Waals surface area contributed by atoms with Gasteiger partial charge in [-0.25, -0.2) is 4.79 Å². The summed E-state index contributed by atoms with van der Waals surface area (Å²) >= 11 is 0. The number of alkyl halides is 6. The summed E-state index contributed by atoms with van der Waals surface area (Å²) in [6.45, 7) is 2.50. The van der Waals surface area contributed by atoms with Gasteiger partial charge >= 0.3 is 18.4 Å². The Morgan fingerprint density at radius 2 is 1.62 bits per heavy atom. The zero-order valence-electron chi connectivity index (χ0n) is 20.2. The molecule has 0 saturated carbocycles. The number of amides is 1. The number of carbonyl (C=O) groups is 1.